The highest BCUT2D eigenvalue weighted by atomic mass is 16.2. The van der Waals surface area contributed by atoms with Gasteiger partial charge in [-0.25, -0.2) is 14.6 Å². The van der Waals surface area contributed by atoms with Crippen LogP contribution in [-0.2, 0) is 6.42 Å². The van der Waals surface area contributed by atoms with Crippen LogP contribution in [0.15, 0.2) is 31.0 Å². The summed E-state index contributed by atoms with van der Waals surface area (Å²) in [5.74, 6) is 0.726. The molecule has 5 heteroatoms. The largest absolute Gasteiger partial charge is 0.396 e. The molecule has 0 aliphatic rings. The van der Waals surface area contributed by atoms with Crippen LogP contribution in [-0.4, -0.2) is 31.5 Å². The number of hydrogen-bond acceptors (Lipinski definition) is 4. The van der Waals surface area contributed by atoms with Gasteiger partial charge in [-0.1, -0.05) is 0 Å². The zero-order chi connectivity index (χ0) is 9.80. The molecule has 72 valence electrons. The third kappa shape index (κ3) is 1.77. The van der Waals surface area contributed by atoms with Gasteiger partial charge in [-0.05, 0) is 12.0 Å². The Morgan fingerprint density at radius 1 is 1.43 bits per heavy atom. The summed E-state index contributed by atoms with van der Waals surface area (Å²) in [7, 11) is 0. The molecule has 1 N–H and O–H groups in total. The van der Waals surface area contributed by atoms with Crippen molar-refractivity contribution in [3.05, 3.63) is 36.5 Å². The van der Waals surface area contributed by atoms with E-state index in [1.54, 1.807) is 23.1 Å². The van der Waals surface area contributed by atoms with Crippen LogP contribution < -0.4 is 0 Å². The van der Waals surface area contributed by atoms with Crippen molar-refractivity contribution >= 4 is 0 Å². The van der Waals surface area contributed by atoms with Crippen LogP contribution in [0.25, 0.3) is 5.82 Å². The van der Waals surface area contributed by atoms with Crippen LogP contribution in [0.5, 0.6) is 0 Å². The van der Waals surface area contributed by atoms with Crippen molar-refractivity contribution in [3.8, 4) is 5.82 Å². The van der Waals surface area contributed by atoms with Gasteiger partial charge in [-0.15, -0.1) is 0 Å². The lowest BCUT2D eigenvalue weighted by Gasteiger charge is -1.96. The van der Waals surface area contributed by atoms with Gasteiger partial charge >= 0.3 is 0 Å². The molecule has 14 heavy (non-hydrogen) atoms. The molecule has 0 aromatic carbocycles. The monoisotopic (exact) mass is 190 g/mol. The fraction of sp³-hybridized carbons (Fsp3) is 0.222. The molecule has 0 aliphatic carbocycles. The van der Waals surface area contributed by atoms with Crippen molar-refractivity contribution < 1.29 is 5.11 Å². The first-order valence-corrected chi connectivity index (χ1v) is 4.31. The highest BCUT2D eigenvalue weighted by molar-refractivity contribution is 5.20. The maximum Gasteiger partial charge on any atom is 0.156 e. The van der Waals surface area contributed by atoms with E-state index in [4.69, 9.17) is 5.11 Å². The number of nitrogens with zero attached hydrogens (tertiary/aromatic N) is 4. The smallest absolute Gasteiger partial charge is 0.156 e. The molecule has 0 unspecified atom stereocenters. The maximum atomic E-state index is 8.74. The van der Waals surface area contributed by atoms with Crippen molar-refractivity contribution in [1.29, 1.82) is 0 Å². The summed E-state index contributed by atoms with van der Waals surface area (Å²) in [6.45, 7) is 0.134. The molecule has 0 saturated heterocycles. The predicted molar refractivity (Wildman–Crippen MR) is 49.9 cm³/mol. The van der Waals surface area contributed by atoms with Crippen LogP contribution in [0.2, 0.25) is 0 Å². The summed E-state index contributed by atoms with van der Waals surface area (Å²) in [5.41, 5.74) is 0.992. The third-order valence-electron chi connectivity index (χ3n) is 1.84. The van der Waals surface area contributed by atoms with Crippen molar-refractivity contribution in [1.82, 2.24) is 19.7 Å². The average Bonchev–Trinajstić information content (AvgIpc) is 2.68. The Morgan fingerprint density at radius 2 is 2.36 bits per heavy atom. The van der Waals surface area contributed by atoms with Gasteiger partial charge in [0.15, 0.2) is 5.82 Å². The van der Waals surface area contributed by atoms with E-state index in [-0.39, 0.29) is 6.61 Å². The Balaban J connectivity index is 2.25. The van der Waals surface area contributed by atoms with Crippen molar-refractivity contribution in [2.24, 2.45) is 0 Å². The molecule has 2 aromatic heterocycles. The summed E-state index contributed by atoms with van der Waals surface area (Å²) in [6.07, 6.45) is 7.32. The van der Waals surface area contributed by atoms with Crippen molar-refractivity contribution in [2.45, 2.75) is 6.42 Å². The van der Waals surface area contributed by atoms with Gasteiger partial charge < -0.3 is 5.11 Å². The number of rotatable bonds is 3. The van der Waals surface area contributed by atoms with Gasteiger partial charge in [-0.2, -0.15) is 5.10 Å². The Hall–Kier alpha value is -1.75. The number of aliphatic hydroxyl groups is 1. The van der Waals surface area contributed by atoms with Crippen LogP contribution in [0.3, 0.4) is 0 Å². The zero-order valence-electron chi connectivity index (χ0n) is 7.54. The van der Waals surface area contributed by atoms with E-state index >= 15 is 0 Å². The second-order valence-corrected chi connectivity index (χ2v) is 2.83. The van der Waals surface area contributed by atoms with E-state index in [0.29, 0.717) is 6.42 Å². The van der Waals surface area contributed by atoms with Gasteiger partial charge in [0, 0.05) is 25.1 Å². The molecule has 2 rings (SSSR count). The standard InChI is InChI=1S/C9H10N4O/c14-4-2-8-5-12-13(6-8)9-1-3-10-7-11-9/h1,3,5-7,14H,2,4H2. The minimum absolute atomic E-state index is 0.134. The van der Waals surface area contributed by atoms with Crippen LogP contribution in [0.4, 0.5) is 0 Å². The normalized spacial score (nSPS) is 10.4. The predicted octanol–water partition coefficient (Wildman–Crippen LogP) is 0.197. The van der Waals surface area contributed by atoms with E-state index in [0.717, 1.165) is 11.4 Å². The second kappa shape index (κ2) is 3.97. The Morgan fingerprint density at radius 3 is 3.07 bits per heavy atom. The molecule has 0 spiro atoms. The fourth-order valence-corrected chi connectivity index (χ4v) is 1.16. The number of aromatic nitrogens is 4. The summed E-state index contributed by atoms with van der Waals surface area (Å²) < 4.78 is 1.66. The lowest BCUT2D eigenvalue weighted by Crippen LogP contribution is -1.97. The summed E-state index contributed by atoms with van der Waals surface area (Å²) in [4.78, 5) is 7.87. The molecule has 0 radical (unpaired) electrons. The summed E-state index contributed by atoms with van der Waals surface area (Å²) in [6, 6.07) is 1.77. The number of aliphatic hydroxyl groups excluding tert-OH is 1. The minimum Gasteiger partial charge on any atom is -0.396 e. The first-order valence-electron chi connectivity index (χ1n) is 4.31. The molecular weight excluding hydrogens is 180 g/mol. The minimum atomic E-state index is 0.134. The Labute approximate surface area is 81.1 Å². The molecule has 0 fully saturated rings. The Kier molecular flexibility index (Phi) is 2.51. The topological polar surface area (TPSA) is 63.8 Å². The lowest BCUT2D eigenvalue weighted by molar-refractivity contribution is 0.299. The second-order valence-electron chi connectivity index (χ2n) is 2.83. The Bertz CT molecular complexity index is 398. The maximum absolute atomic E-state index is 8.74. The third-order valence-corrected chi connectivity index (χ3v) is 1.84. The molecule has 2 heterocycles. The SMILES string of the molecule is OCCc1cnn(-c2ccncn2)c1. The molecule has 0 aliphatic heterocycles. The van der Waals surface area contributed by atoms with Crippen LogP contribution >= 0.6 is 0 Å². The summed E-state index contributed by atoms with van der Waals surface area (Å²) in [5, 5.41) is 12.9. The molecule has 0 amide bonds. The average molecular weight is 190 g/mol. The number of hydrogen-bond donors (Lipinski definition) is 1. The van der Waals surface area contributed by atoms with E-state index in [2.05, 4.69) is 15.1 Å². The van der Waals surface area contributed by atoms with Crippen molar-refractivity contribution in [3.63, 3.8) is 0 Å². The van der Waals surface area contributed by atoms with Crippen LogP contribution in [0.1, 0.15) is 5.56 Å². The van der Waals surface area contributed by atoms with Crippen molar-refractivity contribution in [2.75, 3.05) is 6.61 Å². The molecule has 5 nitrogen and oxygen atoms in total. The first kappa shape index (κ1) is 8.83. The molecular formula is C9H10N4O. The lowest BCUT2D eigenvalue weighted by atomic mass is 10.3. The van der Waals surface area contributed by atoms with E-state index in [9.17, 15) is 0 Å². The zero-order valence-corrected chi connectivity index (χ0v) is 7.54. The quantitative estimate of drug-likeness (QED) is 0.750. The van der Waals surface area contributed by atoms with Gasteiger partial charge in [-0.3, -0.25) is 0 Å². The van der Waals surface area contributed by atoms with Crippen LogP contribution in [0, 0.1) is 0 Å². The van der Waals surface area contributed by atoms with Gasteiger partial charge in [0.05, 0.1) is 6.20 Å². The fourth-order valence-electron chi connectivity index (χ4n) is 1.16. The molecule has 2 aromatic rings. The van der Waals surface area contributed by atoms with Gasteiger partial charge in [0.1, 0.15) is 6.33 Å². The van der Waals surface area contributed by atoms with E-state index in [1.807, 2.05) is 6.20 Å². The molecule has 0 bridgehead atoms. The molecule has 0 saturated carbocycles. The first-order chi connectivity index (χ1) is 6.90. The van der Waals surface area contributed by atoms with E-state index < -0.39 is 0 Å². The summed E-state index contributed by atoms with van der Waals surface area (Å²) >= 11 is 0. The molecule has 0 atom stereocenters. The van der Waals surface area contributed by atoms with Gasteiger partial charge in [0.2, 0.25) is 0 Å². The highest BCUT2D eigenvalue weighted by Crippen LogP contribution is 2.04. The van der Waals surface area contributed by atoms with E-state index in [1.165, 1.54) is 6.33 Å². The van der Waals surface area contributed by atoms with Gasteiger partial charge in [0.25, 0.3) is 0 Å². The highest BCUT2D eigenvalue weighted by Gasteiger charge is 2.00.